The summed E-state index contributed by atoms with van der Waals surface area (Å²) in [5, 5.41) is 19.6. The largest absolute Gasteiger partial charge is 0.489 e. The van der Waals surface area contributed by atoms with Crippen molar-refractivity contribution in [1.82, 2.24) is 10.3 Å². The van der Waals surface area contributed by atoms with Crippen molar-refractivity contribution in [2.45, 2.75) is 37.9 Å². The van der Waals surface area contributed by atoms with E-state index in [-0.39, 0.29) is 18.1 Å². The molecule has 3 aromatic rings. The molecule has 9 nitrogen and oxygen atoms in total. The lowest BCUT2D eigenvalue weighted by molar-refractivity contribution is 0.101. The highest BCUT2D eigenvalue weighted by Gasteiger charge is 2.24. The second-order valence-electron chi connectivity index (χ2n) is 9.81. The maximum Gasteiger partial charge on any atom is 0.259 e. The molecule has 2 aliphatic heterocycles. The van der Waals surface area contributed by atoms with Crippen molar-refractivity contribution >= 4 is 40.6 Å². The number of ether oxygens (including phenoxy) is 1. The van der Waals surface area contributed by atoms with Gasteiger partial charge in [-0.15, -0.1) is 0 Å². The van der Waals surface area contributed by atoms with Crippen LogP contribution in [0.1, 0.15) is 46.4 Å². The fraction of sp³-hybridized carbons (Fsp3) is 0.345. The lowest BCUT2D eigenvalue weighted by Crippen LogP contribution is -2.38. The van der Waals surface area contributed by atoms with Crippen LogP contribution in [0.2, 0.25) is 5.02 Å². The Hall–Kier alpha value is -3.66. The van der Waals surface area contributed by atoms with Gasteiger partial charge in [0, 0.05) is 31.0 Å². The molecule has 0 unspecified atom stereocenters. The Morgan fingerprint density at radius 1 is 1.00 bits per heavy atom. The molecule has 10 heteroatoms. The first kappa shape index (κ1) is 26.9. The minimum absolute atomic E-state index is 0.00932. The third-order valence-electron chi connectivity index (χ3n) is 6.94. The van der Waals surface area contributed by atoms with Crippen molar-refractivity contribution in [2.24, 2.45) is 0 Å². The molecule has 39 heavy (non-hydrogen) atoms. The van der Waals surface area contributed by atoms with Crippen molar-refractivity contribution in [3.05, 3.63) is 76.9 Å². The topological polar surface area (TPSA) is 116 Å². The molecule has 204 valence electrons. The third-order valence-corrected chi connectivity index (χ3v) is 7.16. The molecular weight excluding hydrogens is 518 g/mol. The molecule has 3 heterocycles. The molecule has 2 aromatic carbocycles. The summed E-state index contributed by atoms with van der Waals surface area (Å²) in [6.45, 7) is 3.09. The van der Waals surface area contributed by atoms with Crippen molar-refractivity contribution in [3.63, 3.8) is 0 Å². The summed E-state index contributed by atoms with van der Waals surface area (Å²) < 4.78 is 6.38. The van der Waals surface area contributed by atoms with Gasteiger partial charge in [-0.3, -0.25) is 9.59 Å². The number of β-amino-alcohol motifs (C(OH)–C–C–N with tert-alkyl or cyclic N) is 1. The van der Waals surface area contributed by atoms with Crippen molar-refractivity contribution in [1.29, 1.82) is 0 Å². The van der Waals surface area contributed by atoms with Gasteiger partial charge in [0.05, 0.1) is 27.9 Å². The monoisotopic (exact) mass is 549 g/mol. The van der Waals surface area contributed by atoms with Crippen LogP contribution in [0.4, 0.5) is 17.2 Å². The quantitative estimate of drug-likeness (QED) is 0.346. The normalized spacial score (nSPS) is 17.9. The highest BCUT2D eigenvalue weighted by atomic mass is 35.5. The summed E-state index contributed by atoms with van der Waals surface area (Å²) in [7, 11) is 0. The highest BCUT2D eigenvalue weighted by Crippen LogP contribution is 2.31. The van der Waals surface area contributed by atoms with E-state index in [0.717, 1.165) is 51.0 Å². The van der Waals surface area contributed by atoms with Gasteiger partial charge < -0.3 is 30.7 Å². The zero-order valence-corrected chi connectivity index (χ0v) is 22.3. The Morgan fingerprint density at radius 3 is 2.56 bits per heavy atom. The number of hydrogen-bond donors (Lipinski definition) is 4. The third kappa shape index (κ3) is 6.86. The first-order valence-corrected chi connectivity index (χ1v) is 13.6. The van der Waals surface area contributed by atoms with E-state index >= 15 is 0 Å². The minimum atomic E-state index is -0.411. The van der Waals surface area contributed by atoms with Gasteiger partial charge in [-0.2, -0.15) is 0 Å². The molecule has 0 aliphatic carbocycles. The lowest BCUT2D eigenvalue weighted by atomic mass is 10.1. The number of nitrogens with zero attached hydrogens (tertiary/aromatic N) is 2. The van der Waals surface area contributed by atoms with E-state index in [1.165, 1.54) is 6.20 Å². The number of anilines is 3. The maximum atomic E-state index is 13.6. The predicted octanol–water partition coefficient (Wildman–Crippen LogP) is 4.33. The number of carbonyl (C=O) groups excluding carboxylic acids is 2. The molecule has 1 aromatic heterocycles. The number of halogens is 1. The summed E-state index contributed by atoms with van der Waals surface area (Å²) >= 11 is 5.89. The molecule has 2 amide bonds. The molecule has 0 spiro atoms. The van der Waals surface area contributed by atoms with E-state index in [9.17, 15) is 14.7 Å². The number of amides is 2. The Balaban J connectivity index is 1.38. The van der Waals surface area contributed by atoms with Gasteiger partial charge in [0.15, 0.2) is 0 Å². The van der Waals surface area contributed by atoms with Gasteiger partial charge in [-0.1, -0.05) is 23.7 Å². The first-order valence-electron chi connectivity index (χ1n) is 13.2. The first-order chi connectivity index (χ1) is 19.0. The number of para-hydroxylation sites is 1. The summed E-state index contributed by atoms with van der Waals surface area (Å²) in [6.07, 6.45) is 4.44. The molecule has 0 bridgehead atoms. The van der Waals surface area contributed by atoms with Crippen LogP contribution in [0, 0.1) is 0 Å². The second-order valence-corrected chi connectivity index (χ2v) is 10.2. The standard InChI is InChI=1S/C29H32ClN5O4/c30-19-7-10-27(32-17-19)34-28(37)23-5-1-2-6-25(23)33-29(38)24-9-8-20(35-15-3-4-21(36)18-35)16-26(24)39-22-11-13-31-14-12-22/h1-2,5-10,16-17,21-22,31,36H,3-4,11-15,18H2,(H,33,38)(H,32,34,37)/t21-/m0/s1. The number of carbonyl (C=O) groups is 2. The van der Waals surface area contributed by atoms with Gasteiger partial charge in [0.1, 0.15) is 17.7 Å². The Labute approximate surface area is 232 Å². The molecule has 1 atom stereocenters. The van der Waals surface area contributed by atoms with E-state index in [1.54, 1.807) is 42.5 Å². The number of nitrogens with one attached hydrogen (secondary N) is 3. The number of piperidine rings is 2. The highest BCUT2D eigenvalue weighted by molar-refractivity contribution is 6.30. The Bertz CT molecular complexity index is 1310. The van der Waals surface area contributed by atoms with Gasteiger partial charge in [0.25, 0.3) is 11.8 Å². The van der Waals surface area contributed by atoms with Crippen LogP contribution in [0.5, 0.6) is 5.75 Å². The molecule has 0 saturated carbocycles. The van der Waals surface area contributed by atoms with Crippen molar-refractivity contribution in [2.75, 3.05) is 41.7 Å². The van der Waals surface area contributed by atoms with Gasteiger partial charge >= 0.3 is 0 Å². The Kier molecular flexibility index (Phi) is 8.61. The van der Waals surface area contributed by atoms with E-state index in [4.69, 9.17) is 16.3 Å². The number of benzene rings is 2. The number of aliphatic hydroxyl groups is 1. The number of hydrogen-bond acceptors (Lipinski definition) is 7. The second kappa shape index (κ2) is 12.5. The number of aliphatic hydroxyl groups excluding tert-OH is 1. The van der Waals surface area contributed by atoms with Crippen LogP contribution in [-0.4, -0.2) is 60.3 Å². The predicted molar refractivity (Wildman–Crippen MR) is 152 cm³/mol. The van der Waals surface area contributed by atoms with Gasteiger partial charge in [-0.25, -0.2) is 4.98 Å². The maximum absolute atomic E-state index is 13.6. The van der Waals surface area contributed by atoms with Crippen LogP contribution < -0.4 is 25.6 Å². The number of pyridine rings is 1. The van der Waals surface area contributed by atoms with E-state index in [1.807, 2.05) is 12.1 Å². The minimum Gasteiger partial charge on any atom is -0.489 e. The smallest absolute Gasteiger partial charge is 0.259 e. The molecule has 5 rings (SSSR count). The number of aromatic nitrogens is 1. The average molecular weight is 550 g/mol. The molecule has 2 aliphatic rings. The van der Waals surface area contributed by atoms with Gasteiger partial charge in [0.2, 0.25) is 0 Å². The van der Waals surface area contributed by atoms with Crippen LogP contribution in [0.25, 0.3) is 0 Å². The van der Waals surface area contributed by atoms with Crippen LogP contribution in [0.15, 0.2) is 60.8 Å². The summed E-state index contributed by atoms with van der Waals surface area (Å²) in [5.41, 5.74) is 1.95. The molecule has 4 N–H and O–H groups in total. The fourth-order valence-corrected chi connectivity index (χ4v) is 5.00. The van der Waals surface area contributed by atoms with Crippen LogP contribution in [-0.2, 0) is 0 Å². The van der Waals surface area contributed by atoms with E-state index < -0.39 is 5.91 Å². The zero-order valence-electron chi connectivity index (χ0n) is 21.5. The van der Waals surface area contributed by atoms with E-state index in [2.05, 4.69) is 25.8 Å². The molecular formula is C29H32ClN5O4. The summed E-state index contributed by atoms with van der Waals surface area (Å²) in [6, 6.07) is 15.6. The Morgan fingerprint density at radius 2 is 1.79 bits per heavy atom. The molecule has 2 fully saturated rings. The average Bonchev–Trinajstić information content (AvgIpc) is 2.95. The fourth-order valence-electron chi connectivity index (χ4n) is 4.89. The SMILES string of the molecule is O=C(Nc1ccc(Cl)cn1)c1ccccc1NC(=O)c1ccc(N2CCC[C@H](O)C2)cc1OC1CCNCC1. The van der Waals surface area contributed by atoms with Crippen LogP contribution in [0.3, 0.4) is 0 Å². The summed E-state index contributed by atoms with van der Waals surface area (Å²) in [5.74, 6) is 0.0470. The summed E-state index contributed by atoms with van der Waals surface area (Å²) in [4.78, 5) is 32.8. The lowest BCUT2D eigenvalue weighted by Gasteiger charge is -2.33. The number of rotatable bonds is 7. The van der Waals surface area contributed by atoms with Crippen LogP contribution >= 0.6 is 11.6 Å². The zero-order chi connectivity index (χ0) is 27.2. The van der Waals surface area contributed by atoms with Gasteiger partial charge in [-0.05, 0) is 75.2 Å². The van der Waals surface area contributed by atoms with Crippen molar-refractivity contribution < 1.29 is 19.4 Å². The van der Waals surface area contributed by atoms with E-state index in [0.29, 0.717) is 39.9 Å². The van der Waals surface area contributed by atoms with Crippen molar-refractivity contribution in [3.8, 4) is 5.75 Å². The molecule has 2 saturated heterocycles. The molecule has 0 radical (unpaired) electrons.